The zero-order valence-corrected chi connectivity index (χ0v) is 25.5. The van der Waals surface area contributed by atoms with Crippen molar-refractivity contribution in [3.63, 3.8) is 0 Å². The van der Waals surface area contributed by atoms with Gasteiger partial charge in [-0.3, -0.25) is 9.59 Å². The molecule has 0 radical (unpaired) electrons. The van der Waals surface area contributed by atoms with Crippen LogP contribution in [0, 0.1) is 11.7 Å². The Balaban J connectivity index is 1.45. The minimum atomic E-state index is -0.500. The van der Waals surface area contributed by atoms with Crippen LogP contribution in [0.2, 0.25) is 0 Å². The number of amides is 2. The number of nitrogens with zero attached hydrogens (tertiary/aromatic N) is 2. The number of carbonyl (C=O) groups is 2. The summed E-state index contributed by atoms with van der Waals surface area (Å²) in [5.41, 5.74) is 1.92. The zero-order chi connectivity index (χ0) is 29.9. The minimum Gasteiger partial charge on any atom is -0.382 e. The maximum atomic E-state index is 14.3. The van der Waals surface area contributed by atoms with Gasteiger partial charge in [-0.1, -0.05) is 19.3 Å². The summed E-state index contributed by atoms with van der Waals surface area (Å²) < 4.78 is 32.5. The van der Waals surface area contributed by atoms with Crippen molar-refractivity contribution in [2.75, 3.05) is 53.7 Å². The first-order valence-corrected chi connectivity index (χ1v) is 15.6. The number of rotatable bonds is 16. The van der Waals surface area contributed by atoms with Crippen LogP contribution >= 0.6 is 0 Å². The number of carbonyl (C=O) groups excluding carboxylic acids is 2. The molecule has 9 nitrogen and oxygen atoms in total. The van der Waals surface area contributed by atoms with Gasteiger partial charge in [-0.2, -0.15) is 0 Å². The smallest absolute Gasteiger partial charge is 0.245 e. The molecule has 42 heavy (non-hydrogen) atoms. The molecular formula is C32H49FN4O5. The van der Waals surface area contributed by atoms with E-state index in [9.17, 15) is 14.0 Å². The number of ether oxygens (including phenoxy) is 3. The van der Waals surface area contributed by atoms with Crippen LogP contribution in [0.4, 0.5) is 4.39 Å². The molecule has 234 valence electrons. The van der Waals surface area contributed by atoms with E-state index in [1.54, 1.807) is 20.2 Å². The lowest BCUT2D eigenvalue weighted by Gasteiger charge is -2.35. The number of methoxy groups -OCH3 is 1. The van der Waals surface area contributed by atoms with Crippen LogP contribution < -0.4 is 10.6 Å². The fourth-order valence-corrected chi connectivity index (χ4v) is 6.34. The predicted octanol–water partition coefficient (Wildman–Crippen LogP) is 3.67. The molecule has 2 fully saturated rings. The summed E-state index contributed by atoms with van der Waals surface area (Å²) in [4.78, 5) is 29.0. The van der Waals surface area contributed by atoms with Gasteiger partial charge < -0.3 is 34.3 Å². The molecule has 4 rings (SSSR count). The summed E-state index contributed by atoms with van der Waals surface area (Å²) in [6.45, 7) is 5.65. The molecule has 1 aromatic heterocycles. The third-order valence-electron chi connectivity index (χ3n) is 8.83. The van der Waals surface area contributed by atoms with Crippen molar-refractivity contribution in [3.8, 4) is 0 Å². The van der Waals surface area contributed by atoms with E-state index in [1.807, 2.05) is 22.5 Å². The van der Waals surface area contributed by atoms with E-state index in [-0.39, 0.29) is 35.6 Å². The van der Waals surface area contributed by atoms with Gasteiger partial charge in [0.15, 0.2) is 0 Å². The molecular weight excluding hydrogens is 539 g/mol. The first kappa shape index (κ1) is 32.4. The summed E-state index contributed by atoms with van der Waals surface area (Å²) >= 11 is 0. The molecule has 3 unspecified atom stereocenters. The molecule has 2 aromatic rings. The summed E-state index contributed by atoms with van der Waals surface area (Å²) in [6.07, 6.45) is 9.90. The molecule has 0 bridgehead atoms. The molecule has 3 atom stereocenters. The number of nitrogens with one attached hydrogen (secondary N) is 2. The van der Waals surface area contributed by atoms with Crippen molar-refractivity contribution in [3.05, 3.63) is 35.8 Å². The topological polar surface area (TPSA) is 94.1 Å². The Bertz CT molecular complexity index is 1150. The van der Waals surface area contributed by atoms with E-state index in [4.69, 9.17) is 14.2 Å². The Morgan fingerprint density at radius 1 is 1.02 bits per heavy atom. The first-order chi connectivity index (χ1) is 20.4. The van der Waals surface area contributed by atoms with E-state index < -0.39 is 6.04 Å². The van der Waals surface area contributed by atoms with Gasteiger partial charge in [-0.05, 0) is 75.8 Å². The number of hydrogen-bond acceptors (Lipinski definition) is 6. The standard InChI is InChI=1S/C32H49FN4O5/c1-23(34-2)31(38)35-30(24-8-5-4-6-9-24)32(39)37-13-7-10-27(37)20-25-22-36(29-21-26(33)11-12-28(25)29)14-15-41-18-19-42-17-16-40-3/h11-12,21-24,27,30,34H,4-10,13-20H2,1-3H3,(H,35,38). The van der Waals surface area contributed by atoms with Gasteiger partial charge in [-0.15, -0.1) is 0 Å². The second-order valence-electron chi connectivity index (χ2n) is 11.7. The zero-order valence-electron chi connectivity index (χ0n) is 25.5. The lowest BCUT2D eigenvalue weighted by Crippen LogP contribution is -2.56. The fraction of sp³-hybridized carbons (Fsp3) is 0.688. The van der Waals surface area contributed by atoms with Crippen LogP contribution in [-0.4, -0.2) is 93.1 Å². The fourth-order valence-electron chi connectivity index (χ4n) is 6.34. The molecule has 2 N–H and O–H groups in total. The first-order valence-electron chi connectivity index (χ1n) is 15.6. The van der Waals surface area contributed by atoms with Gasteiger partial charge in [0.1, 0.15) is 11.9 Å². The van der Waals surface area contributed by atoms with Crippen LogP contribution in [0.3, 0.4) is 0 Å². The minimum absolute atomic E-state index is 0.0341. The second kappa shape index (κ2) is 16.4. The maximum Gasteiger partial charge on any atom is 0.245 e. The number of hydrogen-bond donors (Lipinski definition) is 2. The number of likely N-dealkylation sites (tertiary alicyclic amines) is 1. The largest absolute Gasteiger partial charge is 0.382 e. The van der Waals surface area contributed by atoms with Crippen molar-refractivity contribution in [2.24, 2.45) is 5.92 Å². The lowest BCUT2D eigenvalue weighted by atomic mass is 9.83. The van der Waals surface area contributed by atoms with Crippen molar-refractivity contribution in [2.45, 2.75) is 83.0 Å². The summed E-state index contributed by atoms with van der Waals surface area (Å²) in [5.74, 6) is -0.209. The monoisotopic (exact) mass is 588 g/mol. The molecule has 2 amide bonds. The molecule has 2 aliphatic rings. The average molecular weight is 589 g/mol. The van der Waals surface area contributed by atoms with E-state index >= 15 is 0 Å². The summed E-state index contributed by atoms with van der Waals surface area (Å²) in [7, 11) is 3.40. The van der Waals surface area contributed by atoms with Crippen LogP contribution in [0.1, 0.15) is 57.4 Å². The van der Waals surface area contributed by atoms with Gasteiger partial charge in [-0.25, -0.2) is 4.39 Å². The number of likely N-dealkylation sites (N-methyl/N-ethyl adjacent to an activating group) is 1. The van der Waals surface area contributed by atoms with Crippen molar-refractivity contribution < 1.29 is 28.2 Å². The number of aromatic nitrogens is 1. The Labute approximate surface area is 249 Å². The highest BCUT2D eigenvalue weighted by Crippen LogP contribution is 2.32. The molecule has 1 aliphatic carbocycles. The third kappa shape index (κ3) is 8.52. The van der Waals surface area contributed by atoms with E-state index in [1.165, 1.54) is 12.5 Å². The Morgan fingerprint density at radius 3 is 2.50 bits per heavy atom. The SMILES string of the molecule is CNC(C)C(=O)NC(C(=O)N1CCCC1Cc1cn(CCOCCOCCOC)c2cc(F)ccc12)C1CCCCC1. The van der Waals surface area contributed by atoms with Gasteiger partial charge in [0, 0.05) is 37.8 Å². The number of benzene rings is 1. The second-order valence-corrected chi connectivity index (χ2v) is 11.7. The molecule has 1 saturated carbocycles. The van der Waals surface area contributed by atoms with Crippen LogP contribution in [-0.2, 0) is 36.8 Å². The third-order valence-corrected chi connectivity index (χ3v) is 8.83. The van der Waals surface area contributed by atoms with Crippen LogP contribution in [0.25, 0.3) is 10.9 Å². The highest BCUT2D eigenvalue weighted by Gasteiger charge is 2.38. The predicted molar refractivity (Wildman–Crippen MR) is 161 cm³/mol. The molecule has 1 aliphatic heterocycles. The Morgan fingerprint density at radius 2 is 1.76 bits per heavy atom. The summed E-state index contributed by atoms with van der Waals surface area (Å²) in [5, 5.41) is 7.11. The number of fused-ring (bicyclic) bond motifs is 1. The van der Waals surface area contributed by atoms with E-state index in [0.29, 0.717) is 52.5 Å². The molecule has 0 spiro atoms. The highest BCUT2D eigenvalue weighted by atomic mass is 19.1. The van der Waals surface area contributed by atoms with Crippen molar-refractivity contribution >= 4 is 22.7 Å². The summed E-state index contributed by atoms with van der Waals surface area (Å²) in [6, 6.07) is 4.08. The maximum absolute atomic E-state index is 14.3. The average Bonchev–Trinajstić information content (AvgIpc) is 3.61. The van der Waals surface area contributed by atoms with E-state index in [0.717, 1.165) is 55.0 Å². The van der Waals surface area contributed by atoms with Crippen LogP contribution in [0.15, 0.2) is 24.4 Å². The van der Waals surface area contributed by atoms with Gasteiger partial charge >= 0.3 is 0 Å². The Kier molecular flexibility index (Phi) is 12.6. The van der Waals surface area contributed by atoms with Crippen molar-refractivity contribution in [1.82, 2.24) is 20.1 Å². The quantitative estimate of drug-likeness (QED) is 0.291. The van der Waals surface area contributed by atoms with Crippen molar-refractivity contribution in [1.29, 1.82) is 0 Å². The molecule has 2 heterocycles. The highest BCUT2D eigenvalue weighted by molar-refractivity contribution is 5.90. The van der Waals surface area contributed by atoms with Gasteiger partial charge in [0.25, 0.3) is 0 Å². The number of halogens is 1. The van der Waals surface area contributed by atoms with E-state index in [2.05, 4.69) is 16.8 Å². The van der Waals surface area contributed by atoms with Gasteiger partial charge in [0.05, 0.1) is 44.6 Å². The molecule has 1 saturated heterocycles. The van der Waals surface area contributed by atoms with Crippen LogP contribution in [0.5, 0.6) is 0 Å². The molecule has 1 aromatic carbocycles. The molecule has 10 heteroatoms. The normalized spacial score (nSPS) is 19.3. The Hall–Kier alpha value is -2.53. The van der Waals surface area contributed by atoms with Gasteiger partial charge in [0.2, 0.25) is 11.8 Å². The lowest BCUT2D eigenvalue weighted by molar-refractivity contribution is -0.139.